The first-order valence-electron chi connectivity index (χ1n) is 8.63. The van der Waals surface area contributed by atoms with Gasteiger partial charge in [0.15, 0.2) is 0 Å². The highest BCUT2D eigenvalue weighted by Gasteiger charge is 2.05. The van der Waals surface area contributed by atoms with Gasteiger partial charge in [-0.2, -0.15) is 0 Å². The lowest BCUT2D eigenvalue weighted by Gasteiger charge is -2.13. The number of aryl methyl sites for hydroxylation is 1. The number of para-hydroxylation sites is 1. The van der Waals surface area contributed by atoms with Crippen LogP contribution in [0.4, 0.5) is 10.1 Å². The SMILES string of the molecule is CCc1ccccc1NCc1ccc(OCc2cccc(F)c2)c(Cl)c1. The fourth-order valence-electron chi connectivity index (χ4n) is 2.76. The molecule has 0 aliphatic heterocycles. The molecule has 3 aromatic carbocycles. The van der Waals surface area contributed by atoms with Gasteiger partial charge in [0.25, 0.3) is 0 Å². The molecule has 0 spiro atoms. The first-order valence-corrected chi connectivity index (χ1v) is 9.01. The Kier molecular flexibility index (Phi) is 6.13. The van der Waals surface area contributed by atoms with Crippen LogP contribution in [0.1, 0.15) is 23.6 Å². The van der Waals surface area contributed by atoms with Gasteiger partial charge in [0.2, 0.25) is 0 Å². The number of hydrogen-bond donors (Lipinski definition) is 1. The summed E-state index contributed by atoms with van der Waals surface area (Å²) in [6.07, 6.45) is 0.983. The van der Waals surface area contributed by atoms with E-state index in [1.807, 2.05) is 36.4 Å². The van der Waals surface area contributed by atoms with Gasteiger partial charge in [0.05, 0.1) is 5.02 Å². The predicted octanol–water partition coefficient (Wildman–Crippen LogP) is 6.23. The molecule has 0 aliphatic rings. The smallest absolute Gasteiger partial charge is 0.138 e. The van der Waals surface area contributed by atoms with Crippen molar-refractivity contribution in [3.63, 3.8) is 0 Å². The van der Waals surface area contributed by atoms with Gasteiger partial charge in [-0.3, -0.25) is 0 Å². The van der Waals surface area contributed by atoms with Crippen LogP contribution in [0.2, 0.25) is 5.02 Å². The maximum Gasteiger partial charge on any atom is 0.138 e. The van der Waals surface area contributed by atoms with Crippen molar-refractivity contribution in [1.82, 2.24) is 0 Å². The van der Waals surface area contributed by atoms with Crippen LogP contribution >= 0.6 is 11.6 Å². The van der Waals surface area contributed by atoms with E-state index in [2.05, 4.69) is 24.4 Å². The Morgan fingerprint density at radius 1 is 0.962 bits per heavy atom. The van der Waals surface area contributed by atoms with E-state index in [1.54, 1.807) is 6.07 Å². The summed E-state index contributed by atoms with van der Waals surface area (Å²) in [5.41, 5.74) is 4.26. The molecular weight excluding hydrogens is 349 g/mol. The van der Waals surface area contributed by atoms with E-state index in [9.17, 15) is 4.39 Å². The summed E-state index contributed by atoms with van der Waals surface area (Å²) in [5.74, 6) is 0.319. The van der Waals surface area contributed by atoms with Crippen molar-refractivity contribution in [3.05, 3.63) is 94.3 Å². The molecule has 134 valence electrons. The molecule has 3 rings (SSSR count). The largest absolute Gasteiger partial charge is 0.487 e. The Morgan fingerprint density at radius 3 is 2.58 bits per heavy atom. The third-order valence-corrected chi connectivity index (χ3v) is 4.46. The molecule has 26 heavy (non-hydrogen) atoms. The van der Waals surface area contributed by atoms with Gasteiger partial charge in [0.1, 0.15) is 18.2 Å². The van der Waals surface area contributed by atoms with Crippen molar-refractivity contribution in [2.75, 3.05) is 5.32 Å². The van der Waals surface area contributed by atoms with E-state index >= 15 is 0 Å². The summed E-state index contributed by atoms with van der Waals surface area (Å²) < 4.78 is 18.9. The number of ether oxygens (including phenoxy) is 1. The molecule has 0 saturated carbocycles. The molecule has 0 heterocycles. The number of benzene rings is 3. The van der Waals surface area contributed by atoms with Crippen LogP contribution in [0.3, 0.4) is 0 Å². The van der Waals surface area contributed by atoms with Gasteiger partial charge >= 0.3 is 0 Å². The van der Waals surface area contributed by atoms with E-state index in [1.165, 1.54) is 17.7 Å². The van der Waals surface area contributed by atoms with Crippen LogP contribution < -0.4 is 10.1 Å². The number of nitrogens with one attached hydrogen (secondary N) is 1. The standard InChI is InChI=1S/C22H21ClFNO/c1-2-18-7-3-4-9-21(18)25-14-16-10-11-22(20(23)13-16)26-15-17-6-5-8-19(24)12-17/h3-13,25H,2,14-15H2,1H3. The lowest BCUT2D eigenvalue weighted by molar-refractivity contribution is 0.305. The van der Waals surface area contributed by atoms with Gasteiger partial charge in [-0.05, 0) is 53.4 Å². The highest BCUT2D eigenvalue weighted by Crippen LogP contribution is 2.27. The average molecular weight is 370 g/mol. The molecule has 0 saturated heterocycles. The molecule has 0 radical (unpaired) electrons. The molecule has 1 N–H and O–H groups in total. The highest BCUT2D eigenvalue weighted by molar-refractivity contribution is 6.32. The maximum absolute atomic E-state index is 13.2. The molecule has 0 atom stereocenters. The van der Waals surface area contributed by atoms with E-state index < -0.39 is 0 Å². The van der Waals surface area contributed by atoms with Gasteiger partial charge in [-0.1, -0.05) is 54.9 Å². The molecule has 4 heteroatoms. The number of hydrogen-bond acceptors (Lipinski definition) is 2. The normalized spacial score (nSPS) is 10.6. The van der Waals surface area contributed by atoms with E-state index in [0.29, 0.717) is 17.3 Å². The highest BCUT2D eigenvalue weighted by atomic mass is 35.5. The Balaban J connectivity index is 1.62. The van der Waals surface area contributed by atoms with E-state index in [-0.39, 0.29) is 12.4 Å². The van der Waals surface area contributed by atoms with Gasteiger partial charge in [-0.15, -0.1) is 0 Å². The topological polar surface area (TPSA) is 21.3 Å². The summed E-state index contributed by atoms with van der Waals surface area (Å²) in [5, 5.41) is 4.00. The Hall–Kier alpha value is -2.52. The summed E-state index contributed by atoms with van der Waals surface area (Å²) in [6, 6.07) is 20.4. The van der Waals surface area contributed by atoms with Crippen LogP contribution in [0.15, 0.2) is 66.7 Å². The fraction of sp³-hybridized carbons (Fsp3) is 0.182. The first-order chi connectivity index (χ1) is 12.7. The van der Waals surface area contributed by atoms with Crippen molar-refractivity contribution in [1.29, 1.82) is 0 Å². The predicted molar refractivity (Wildman–Crippen MR) is 105 cm³/mol. The first kappa shape index (κ1) is 18.3. The van der Waals surface area contributed by atoms with Gasteiger partial charge in [0, 0.05) is 12.2 Å². The number of halogens is 2. The second kappa shape index (κ2) is 8.72. The molecular formula is C22H21ClFNO. The number of rotatable bonds is 7. The second-order valence-corrected chi connectivity index (χ2v) is 6.45. The Morgan fingerprint density at radius 2 is 1.81 bits per heavy atom. The molecule has 0 aromatic heterocycles. The lowest BCUT2D eigenvalue weighted by Crippen LogP contribution is -2.02. The molecule has 0 amide bonds. The minimum Gasteiger partial charge on any atom is -0.487 e. The van der Waals surface area contributed by atoms with Crippen molar-refractivity contribution >= 4 is 17.3 Å². The zero-order valence-electron chi connectivity index (χ0n) is 14.6. The zero-order valence-corrected chi connectivity index (χ0v) is 15.4. The van der Waals surface area contributed by atoms with Gasteiger partial charge < -0.3 is 10.1 Å². The Labute approximate surface area is 158 Å². The maximum atomic E-state index is 13.2. The minimum atomic E-state index is -0.272. The summed E-state index contributed by atoms with van der Waals surface area (Å²) in [4.78, 5) is 0. The third-order valence-electron chi connectivity index (χ3n) is 4.16. The van der Waals surface area contributed by atoms with Crippen molar-refractivity contribution in [2.24, 2.45) is 0 Å². The zero-order chi connectivity index (χ0) is 18.4. The van der Waals surface area contributed by atoms with Crippen LogP contribution in [-0.4, -0.2) is 0 Å². The average Bonchev–Trinajstić information content (AvgIpc) is 2.66. The van der Waals surface area contributed by atoms with E-state index in [4.69, 9.17) is 16.3 Å². The van der Waals surface area contributed by atoms with Crippen LogP contribution in [0.5, 0.6) is 5.75 Å². The summed E-state index contributed by atoms with van der Waals surface area (Å²) in [7, 11) is 0. The molecule has 0 bridgehead atoms. The molecule has 0 aliphatic carbocycles. The monoisotopic (exact) mass is 369 g/mol. The summed E-state index contributed by atoms with van der Waals surface area (Å²) in [6.45, 7) is 3.10. The van der Waals surface area contributed by atoms with Crippen LogP contribution in [0, 0.1) is 5.82 Å². The summed E-state index contributed by atoms with van der Waals surface area (Å²) >= 11 is 6.34. The Bertz CT molecular complexity index is 882. The molecule has 0 unspecified atom stereocenters. The van der Waals surface area contributed by atoms with Crippen molar-refractivity contribution in [2.45, 2.75) is 26.5 Å². The number of anilines is 1. The molecule has 2 nitrogen and oxygen atoms in total. The van der Waals surface area contributed by atoms with Crippen LogP contribution in [0.25, 0.3) is 0 Å². The van der Waals surface area contributed by atoms with Gasteiger partial charge in [-0.25, -0.2) is 4.39 Å². The minimum absolute atomic E-state index is 0.272. The third kappa shape index (κ3) is 4.77. The molecule has 3 aromatic rings. The molecule has 0 fully saturated rings. The van der Waals surface area contributed by atoms with Crippen molar-refractivity contribution in [3.8, 4) is 5.75 Å². The van der Waals surface area contributed by atoms with E-state index in [0.717, 1.165) is 23.2 Å². The quantitative estimate of drug-likeness (QED) is 0.532. The lowest BCUT2D eigenvalue weighted by atomic mass is 10.1. The van der Waals surface area contributed by atoms with Crippen molar-refractivity contribution < 1.29 is 9.13 Å². The fourth-order valence-corrected chi connectivity index (χ4v) is 3.02. The van der Waals surface area contributed by atoms with Crippen LogP contribution in [-0.2, 0) is 19.6 Å². The second-order valence-electron chi connectivity index (χ2n) is 6.05.